The van der Waals surface area contributed by atoms with Crippen molar-refractivity contribution in [3.63, 3.8) is 0 Å². The van der Waals surface area contributed by atoms with Gasteiger partial charge in [0.2, 0.25) is 0 Å². The number of rotatable bonds is 1. The van der Waals surface area contributed by atoms with Crippen molar-refractivity contribution in [2.75, 3.05) is 39.4 Å². The Balaban J connectivity index is 0.00000128. The van der Waals surface area contributed by atoms with Crippen LogP contribution in [0.15, 0.2) is 0 Å². The summed E-state index contributed by atoms with van der Waals surface area (Å²) in [5.41, 5.74) is 0. The lowest BCUT2D eigenvalue weighted by molar-refractivity contribution is -0.151. The fraction of sp³-hybridized carbons (Fsp3) is 0.900. The highest BCUT2D eigenvalue weighted by molar-refractivity contribution is 5.85. The van der Waals surface area contributed by atoms with Crippen molar-refractivity contribution in [3.8, 4) is 0 Å². The molecule has 0 aliphatic carbocycles. The summed E-state index contributed by atoms with van der Waals surface area (Å²) in [6, 6.07) is 0. The van der Waals surface area contributed by atoms with Crippen LogP contribution >= 0.6 is 12.4 Å². The number of hydrogen-bond acceptors (Lipinski definition) is 4. The SMILES string of the molecule is CC1CN(C(=O)C2CNCCO2)CCO1.Cl. The first kappa shape index (κ1) is 13.7. The molecule has 0 saturated carbocycles. The number of halogens is 1. The highest BCUT2D eigenvalue weighted by Crippen LogP contribution is 2.08. The molecule has 2 aliphatic heterocycles. The van der Waals surface area contributed by atoms with E-state index in [2.05, 4.69) is 5.32 Å². The van der Waals surface area contributed by atoms with E-state index in [4.69, 9.17) is 9.47 Å². The average molecular weight is 251 g/mol. The largest absolute Gasteiger partial charge is 0.375 e. The smallest absolute Gasteiger partial charge is 0.253 e. The van der Waals surface area contributed by atoms with Gasteiger partial charge in [0.05, 0.1) is 19.3 Å². The van der Waals surface area contributed by atoms with E-state index in [1.54, 1.807) is 0 Å². The van der Waals surface area contributed by atoms with Gasteiger partial charge in [0, 0.05) is 26.2 Å². The first-order valence-corrected chi connectivity index (χ1v) is 5.50. The molecule has 0 bridgehead atoms. The Morgan fingerprint density at radius 1 is 1.38 bits per heavy atom. The Labute approximate surface area is 102 Å². The molecule has 94 valence electrons. The third-order valence-electron chi connectivity index (χ3n) is 2.76. The molecule has 2 aliphatic rings. The van der Waals surface area contributed by atoms with Crippen molar-refractivity contribution in [1.29, 1.82) is 0 Å². The first-order chi connectivity index (χ1) is 7.27. The molecular formula is C10H19ClN2O3. The van der Waals surface area contributed by atoms with E-state index >= 15 is 0 Å². The van der Waals surface area contributed by atoms with Crippen molar-refractivity contribution in [1.82, 2.24) is 10.2 Å². The third-order valence-corrected chi connectivity index (χ3v) is 2.76. The van der Waals surface area contributed by atoms with Gasteiger partial charge in [0.25, 0.3) is 5.91 Å². The van der Waals surface area contributed by atoms with Gasteiger partial charge in [0.1, 0.15) is 6.10 Å². The minimum absolute atomic E-state index is 0. The summed E-state index contributed by atoms with van der Waals surface area (Å²) < 4.78 is 10.8. The van der Waals surface area contributed by atoms with Crippen molar-refractivity contribution < 1.29 is 14.3 Å². The number of nitrogens with one attached hydrogen (secondary N) is 1. The minimum Gasteiger partial charge on any atom is -0.375 e. The van der Waals surface area contributed by atoms with E-state index in [9.17, 15) is 4.79 Å². The second kappa shape index (κ2) is 6.39. The first-order valence-electron chi connectivity index (χ1n) is 5.50. The van der Waals surface area contributed by atoms with Gasteiger partial charge in [-0.1, -0.05) is 0 Å². The Morgan fingerprint density at radius 2 is 2.19 bits per heavy atom. The monoisotopic (exact) mass is 250 g/mol. The van der Waals surface area contributed by atoms with E-state index < -0.39 is 0 Å². The van der Waals surface area contributed by atoms with Gasteiger partial charge in [-0.3, -0.25) is 4.79 Å². The van der Waals surface area contributed by atoms with Crippen LogP contribution in [0.5, 0.6) is 0 Å². The number of hydrogen-bond donors (Lipinski definition) is 1. The van der Waals surface area contributed by atoms with Crippen LogP contribution in [-0.2, 0) is 14.3 Å². The van der Waals surface area contributed by atoms with E-state index in [-0.39, 0.29) is 30.5 Å². The molecular weight excluding hydrogens is 232 g/mol. The summed E-state index contributed by atoms with van der Waals surface area (Å²) in [7, 11) is 0. The molecule has 2 rings (SSSR count). The highest BCUT2D eigenvalue weighted by Gasteiger charge is 2.29. The van der Waals surface area contributed by atoms with Crippen LogP contribution in [0.1, 0.15) is 6.92 Å². The molecule has 2 unspecified atom stereocenters. The molecule has 16 heavy (non-hydrogen) atoms. The van der Waals surface area contributed by atoms with Crippen LogP contribution in [0.4, 0.5) is 0 Å². The van der Waals surface area contributed by atoms with Crippen LogP contribution in [0.3, 0.4) is 0 Å². The van der Waals surface area contributed by atoms with E-state index in [0.29, 0.717) is 32.8 Å². The van der Waals surface area contributed by atoms with Gasteiger partial charge in [-0.2, -0.15) is 0 Å². The maximum absolute atomic E-state index is 12.0. The van der Waals surface area contributed by atoms with E-state index in [1.165, 1.54) is 0 Å². The Kier molecular flexibility index (Phi) is 5.48. The van der Waals surface area contributed by atoms with E-state index in [1.807, 2.05) is 11.8 Å². The summed E-state index contributed by atoms with van der Waals surface area (Å²) in [6.07, 6.45) is -0.164. The zero-order valence-corrected chi connectivity index (χ0v) is 10.3. The second-order valence-electron chi connectivity index (χ2n) is 4.03. The number of carbonyl (C=O) groups excluding carboxylic acids is 1. The van der Waals surface area contributed by atoms with Crippen molar-refractivity contribution >= 4 is 18.3 Å². The highest BCUT2D eigenvalue weighted by atomic mass is 35.5. The fourth-order valence-corrected chi connectivity index (χ4v) is 1.95. The zero-order valence-electron chi connectivity index (χ0n) is 9.48. The molecule has 0 radical (unpaired) electrons. The molecule has 5 nitrogen and oxygen atoms in total. The molecule has 0 aromatic carbocycles. The average Bonchev–Trinajstić information content (AvgIpc) is 2.29. The maximum Gasteiger partial charge on any atom is 0.253 e. The van der Waals surface area contributed by atoms with Gasteiger partial charge >= 0.3 is 0 Å². The number of amides is 1. The summed E-state index contributed by atoms with van der Waals surface area (Å²) >= 11 is 0. The lowest BCUT2D eigenvalue weighted by Crippen LogP contribution is -2.53. The summed E-state index contributed by atoms with van der Waals surface area (Å²) in [5, 5.41) is 3.16. The van der Waals surface area contributed by atoms with Crippen molar-refractivity contribution in [3.05, 3.63) is 0 Å². The standard InChI is InChI=1S/C10H18N2O3.ClH/c1-8-7-12(3-5-14-8)10(13)9-6-11-2-4-15-9;/h8-9,11H,2-7H2,1H3;1H. The number of nitrogens with zero attached hydrogens (tertiary/aromatic N) is 1. The van der Waals surface area contributed by atoms with Crippen LogP contribution in [-0.4, -0.2) is 62.4 Å². The predicted octanol–water partition coefficient (Wildman–Crippen LogP) is -0.356. The van der Waals surface area contributed by atoms with Crippen molar-refractivity contribution in [2.45, 2.75) is 19.1 Å². The number of ether oxygens (including phenoxy) is 2. The van der Waals surface area contributed by atoms with Gasteiger partial charge in [-0.15, -0.1) is 12.4 Å². The van der Waals surface area contributed by atoms with Gasteiger partial charge < -0.3 is 19.7 Å². The topological polar surface area (TPSA) is 50.8 Å². The maximum atomic E-state index is 12.0. The summed E-state index contributed by atoms with van der Waals surface area (Å²) in [6.45, 7) is 6.07. The molecule has 2 fully saturated rings. The lowest BCUT2D eigenvalue weighted by atomic mass is 10.2. The summed E-state index contributed by atoms with van der Waals surface area (Å²) in [5.74, 6) is 0.0948. The zero-order chi connectivity index (χ0) is 10.7. The van der Waals surface area contributed by atoms with Crippen molar-refractivity contribution in [2.24, 2.45) is 0 Å². The van der Waals surface area contributed by atoms with Gasteiger partial charge in [0.15, 0.2) is 0 Å². The number of morpholine rings is 2. The second-order valence-corrected chi connectivity index (χ2v) is 4.03. The molecule has 1 N–H and O–H groups in total. The Morgan fingerprint density at radius 3 is 2.81 bits per heavy atom. The quantitative estimate of drug-likeness (QED) is 0.691. The Hall–Kier alpha value is -0.360. The van der Waals surface area contributed by atoms with Crippen LogP contribution in [0.2, 0.25) is 0 Å². The van der Waals surface area contributed by atoms with Gasteiger partial charge in [-0.05, 0) is 6.92 Å². The normalized spacial score (nSPS) is 30.7. The molecule has 2 saturated heterocycles. The Bertz CT molecular complexity index is 234. The molecule has 0 aromatic rings. The number of carbonyl (C=O) groups is 1. The van der Waals surface area contributed by atoms with Crippen LogP contribution in [0, 0.1) is 0 Å². The summed E-state index contributed by atoms with van der Waals surface area (Å²) in [4.78, 5) is 13.8. The fourth-order valence-electron chi connectivity index (χ4n) is 1.95. The lowest BCUT2D eigenvalue weighted by Gasteiger charge is -2.34. The molecule has 1 amide bonds. The van der Waals surface area contributed by atoms with Crippen LogP contribution in [0.25, 0.3) is 0 Å². The molecule has 6 heteroatoms. The minimum atomic E-state index is -0.302. The molecule has 0 aromatic heterocycles. The van der Waals surface area contributed by atoms with Gasteiger partial charge in [-0.25, -0.2) is 0 Å². The third kappa shape index (κ3) is 3.31. The van der Waals surface area contributed by atoms with E-state index in [0.717, 1.165) is 6.54 Å². The molecule has 2 heterocycles. The molecule has 2 atom stereocenters. The van der Waals surface area contributed by atoms with Crippen LogP contribution < -0.4 is 5.32 Å². The molecule has 0 spiro atoms. The predicted molar refractivity (Wildman–Crippen MR) is 61.9 cm³/mol.